The van der Waals surface area contributed by atoms with Crippen LogP contribution in [0.15, 0.2) is 0 Å². The molecule has 0 fully saturated rings. The molecule has 0 unspecified atom stereocenters. The zero-order valence-electron chi connectivity index (χ0n) is 11.9. The van der Waals surface area contributed by atoms with E-state index < -0.39 is 17.9 Å². The molecule has 0 saturated heterocycles. The molecule has 0 aliphatic heterocycles. The molecule has 0 heterocycles. The van der Waals surface area contributed by atoms with Gasteiger partial charge in [-0.3, -0.25) is 14.9 Å². The number of carboxylic acid groups (broad SMARTS) is 1. The number of nitrogens with one attached hydrogen (secondary N) is 2. The first kappa shape index (κ1) is 18.4. The van der Waals surface area contributed by atoms with E-state index in [0.717, 1.165) is 6.42 Å². The Morgan fingerprint density at radius 1 is 1.05 bits per heavy atom. The molecule has 0 saturated carbocycles. The molecule has 0 radical (unpaired) electrons. The van der Waals surface area contributed by atoms with E-state index in [0.29, 0.717) is 39.0 Å². The monoisotopic (exact) mass is 288 g/mol. The van der Waals surface area contributed by atoms with E-state index in [4.69, 9.17) is 9.84 Å². The van der Waals surface area contributed by atoms with Crippen molar-refractivity contribution < 1.29 is 24.2 Å². The average molecular weight is 288 g/mol. The van der Waals surface area contributed by atoms with Crippen LogP contribution < -0.4 is 10.6 Å². The maximum Gasteiger partial charge on any atom is 0.321 e. The topological polar surface area (TPSA) is 105 Å². The first-order valence-corrected chi connectivity index (χ1v) is 6.93. The summed E-state index contributed by atoms with van der Waals surface area (Å²) >= 11 is 0. The summed E-state index contributed by atoms with van der Waals surface area (Å²) in [5.41, 5.74) is 0. The molecule has 3 N–H and O–H groups in total. The second kappa shape index (κ2) is 12.4. The van der Waals surface area contributed by atoms with Gasteiger partial charge in [0.25, 0.3) is 0 Å². The van der Waals surface area contributed by atoms with Gasteiger partial charge in [-0.15, -0.1) is 0 Å². The molecule has 0 aromatic rings. The van der Waals surface area contributed by atoms with E-state index in [-0.39, 0.29) is 12.8 Å². The Bertz CT molecular complexity index is 307. The summed E-state index contributed by atoms with van der Waals surface area (Å²) in [6, 6.07) is -0.524. The van der Waals surface area contributed by atoms with Gasteiger partial charge in [0, 0.05) is 32.6 Å². The maximum absolute atomic E-state index is 11.3. The van der Waals surface area contributed by atoms with Gasteiger partial charge in [0.05, 0.1) is 0 Å². The number of urea groups is 1. The van der Waals surface area contributed by atoms with Crippen molar-refractivity contribution in [2.45, 2.75) is 45.4 Å². The van der Waals surface area contributed by atoms with Gasteiger partial charge in [-0.05, 0) is 25.7 Å². The fraction of sp³-hybridized carbons (Fsp3) is 0.769. The Morgan fingerprint density at radius 2 is 1.75 bits per heavy atom. The second-order valence-electron chi connectivity index (χ2n) is 4.37. The molecule has 0 aliphatic carbocycles. The summed E-state index contributed by atoms with van der Waals surface area (Å²) < 4.78 is 5.24. The third-order valence-electron chi connectivity index (χ3n) is 2.40. The van der Waals surface area contributed by atoms with Gasteiger partial charge in [0.2, 0.25) is 5.91 Å². The molecule has 7 nitrogen and oxygen atoms in total. The molecule has 7 heteroatoms. The van der Waals surface area contributed by atoms with Crippen LogP contribution in [0.2, 0.25) is 0 Å². The fourth-order valence-corrected chi connectivity index (χ4v) is 1.42. The number of hydrogen-bond donors (Lipinski definition) is 3. The summed E-state index contributed by atoms with van der Waals surface area (Å²) in [4.78, 5) is 32.9. The van der Waals surface area contributed by atoms with Crippen LogP contribution in [0.3, 0.4) is 0 Å². The molecule has 0 bridgehead atoms. The van der Waals surface area contributed by atoms with Crippen molar-refractivity contribution >= 4 is 17.9 Å². The Balaban J connectivity index is 3.45. The van der Waals surface area contributed by atoms with Gasteiger partial charge in [-0.25, -0.2) is 4.79 Å². The number of ether oxygens (including phenoxy) is 1. The largest absolute Gasteiger partial charge is 0.481 e. The summed E-state index contributed by atoms with van der Waals surface area (Å²) in [5.74, 6) is -1.27. The Morgan fingerprint density at radius 3 is 2.40 bits per heavy atom. The highest BCUT2D eigenvalue weighted by Crippen LogP contribution is 1.99. The summed E-state index contributed by atoms with van der Waals surface area (Å²) in [5, 5.41) is 13.2. The predicted molar refractivity (Wildman–Crippen MR) is 73.4 cm³/mol. The van der Waals surface area contributed by atoms with Crippen molar-refractivity contribution in [2.24, 2.45) is 0 Å². The Hall–Kier alpha value is -1.63. The lowest BCUT2D eigenvalue weighted by Crippen LogP contribution is -2.39. The standard InChI is InChI=1S/C13H24N2O5/c1-2-9-20-10-5-8-14-13(19)15-11(16)6-3-4-7-12(17)18/h2-10H2,1H3,(H,17,18)(H2,14,15,16,19). The number of unbranched alkanes of at least 4 members (excludes halogenated alkanes) is 1. The summed E-state index contributed by atoms with van der Waals surface area (Å²) in [6.45, 7) is 3.76. The minimum absolute atomic E-state index is 0.0389. The highest BCUT2D eigenvalue weighted by molar-refractivity contribution is 5.94. The van der Waals surface area contributed by atoms with Gasteiger partial charge in [-0.1, -0.05) is 6.92 Å². The molecule has 0 aliphatic rings. The zero-order chi connectivity index (χ0) is 15.2. The average Bonchev–Trinajstić information content (AvgIpc) is 2.38. The van der Waals surface area contributed by atoms with Gasteiger partial charge in [0.15, 0.2) is 0 Å². The lowest BCUT2D eigenvalue weighted by Gasteiger charge is -2.06. The van der Waals surface area contributed by atoms with E-state index >= 15 is 0 Å². The number of carbonyl (C=O) groups excluding carboxylic acids is 2. The third-order valence-corrected chi connectivity index (χ3v) is 2.40. The van der Waals surface area contributed by atoms with Gasteiger partial charge >= 0.3 is 12.0 Å². The lowest BCUT2D eigenvalue weighted by molar-refractivity contribution is -0.137. The van der Waals surface area contributed by atoms with Crippen LogP contribution >= 0.6 is 0 Å². The van der Waals surface area contributed by atoms with Crippen LogP contribution in [0.1, 0.15) is 45.4 Å². The van der Waals surface area contributed by atoms with Crippen molar-refractivity contribution in [3.05, 3.63) is 0 Å². The maximum atomic E-state index is 11.3. The number of aliphatic carboxylic acids is 1. The summed E-state index contributed by atoms with van der Waals surface area (Å²) in [7, 11) is 0. The molecule has 116 valence electrons. The van der Waals surface area contributed by atoms with E-state index in [1.54, 1.807) is 0 Å². The number of rotatable bonds is 11. The van der Waals surface area contributed by atoms with Crippen LogP contribution in [0, 0.1) is 0 Å². The van der Waals surface area contributed by atoms with Crippen molar-refractivity contribution in [3.8, 4) is 0 Å². The zero-order valence-corrected chi connectivity index (χ0v) is 11.9. The highest BCUT2D eigenvalue weighted by atomic mass is 16.5. The fourth-order valence-electron chi connectivity index (χ4n) is 1.42. The smallest absolute Gasteiger partial charge is 0.321 e. The van der Waals surface area contributed by atoms with Crippen LogP contribution in [-0.4, -0.2) is 42.8 Å². The number of hydrogen-bond acceptors (Lipinski definition) is 4. The number of amides is 3. The van der Waals surface area contributed by atoms with Crippen LogP contribution in [0.5, 0.6) is 0 Å². The number of imide groups is 1. The predicted octanol–water partition coefficient (Wildman–Crippen LogP) is 1.27. The van der Waals surface area contributed by atoms with Crippen LogP contribution in [0.4, 0.5) is 4.79 Å². The van der Waals surface area contributed by atoms with Crippen LogP contribution in [0.25, 0.3) is 0 Å². The minimum Gasteiger partial charge on any atom is -0.481 e. The normalized spacial score (nSPS) is 10.1. The van der Waals surface area contributed by atoms with E-state index in [1.807, 2.05) is 6.92 Å². The van der Waals surface area contributed by atoms with E-state index in [1.165, 1.54) is 0 Å². The molecule has 0 spiro atoms. The molecule has 3 amide bonds. The van der Waals surface area contributed by atoms with Crippen molar-refractivity contribution in [3.63, 3.8) is 0 Å². The lowest BCUT2D eigenvalue weighted by atomic mass is 10.2. The number of carbonyl (C=O) groups is 3. The van der Waals surface area contributed by atoms with Gasteiger partial charge in [-0.2, -0.15) is 0 Å². The third kappa shape index (κ3) is 12.8. The quantitative estimate of drug-likeness (QED) is 0.497. The first-order chi connectivity index (χ1) is 9.56. The van der Waals surface area contributed by atoms with E-state index in [2.05, 4.69) is 10.6 Å². The molecule has 0 atom stereocenters. The second-order valence-corrected chi connectivity index (χ2v) is 4.37. The molecule has 20 heavy (non-hydrogen) atoms. The van der Waals surface area contributed by atoms with Crippen molar-refractivity contribution in [1.29, 1.82) is 0 Å². The Labute approximate surface area is 119 Å². The highest BCUT2D eigenvalue weighted by Gasteiger charge is 2.07. The molecular formula is C13H24N2O5. The molecule has 0 aromatic heterocycles. The van der Waals surface area contributed by atoms with Crippen molar-refractivity contribution in [2.75, 3.05) is 19.8 Å². The number of carboxylic acids is 1. The van der Waals surface area contributed by atoms with Crippen molar-refractivity contribution in [1.82, 2.24) is 10.6 Å². The minimum atomic E-state index is -0.881. The summed E-state index contributed by atoms with van der Waals surface area (Å²) in [6.07, 6.45) is 2.73. The van der Waals surface area contributed by atoms with Crippen LogP contribution in [-0.2, 0) is 14.3 Å². The van der Waals surface area contributed by atoms with E-state index in [9.17, 15) is 14.4 Å². The van der Waals surface area contributed by atoms with Gasteiger partial charge < -0.3 is 15.2 Å². The molecule has 0 aromatic carbocycles. The van der Waals surface area contributed by atoms with Gasteiger partial charge in [0.1, 0.15) is 0 Å². The Kier molecular flexibility index (Phi) is 11.4. The molecule has 0 rings (SSSR count). The SMILES string of the molecule is CCCOCCCNC(=O)NC(=O)CCCCC(=O)O. The first-order valence-electron chi connectivity index (χ1n) is 6.93. The molecular weight excluding hydrogens is 264 g/mol.